The molecule has 50 heavy (non-hydrogen) atoms. The SMILES string of the molecule is CCOC(=O)n1cc([C@@H]2OC(COC(=O)c3ccc(C)cc3)[C@@H](OC(=O)c3ccc(C)cc3)[C@@]2(C)OC(=O)c2ccc(C)cc2)c(N)c1C#N. The van der Waals surface area contributed by atoms with E-state index >= 15 is 0 Å². The van der Waals surface area contributed by atoms with Gasteiger partial charge in [0, 0.05) is 11.8 Å². The van der Waals surface area contributed by atoms with Crippen molar-refractivity contribution >= 4 is 29.7 Å². The van der Waals surface area contributed by atoms with Gasteiger partial charge in [0.15, 0.2) is 17.4 Å². The highest BCUT2D eigenvalue weighted by molar-refractivity contribution is 5.91. The Hall–Kier alpha value is -5.93. The number of nitrogens with two attached hydrogens (primary N) is 1. The number of rotatable bonds is 9. The predicted molar refractivity (Wildman–Crippen MR) is 180 cm³/mol. The van der Waals surface area contributed by atoms with Gasteiger partial charge in [0.2, 0.25) is 0 Å². The Balaban J connectivity index is 1.60. The van der Waals surface area contributed by atoms with Crippen molar-refractivity contribution < 1.29 is 42.9 Å². The number of aromatic nitrogens is 1. The molecule has 1 aromatic heterocycles. The van der Waals surface area contributed by atoms with Crippen molar-refractivity contribution in [2.24, 2.45) is 0 Å². The first-order chi connectivity index (χ1) is 23.9. The van der Waals surface area contributed by atoms with Gasteiger partial charge < -0.3 is 29.4 Å². The lowest BCUT2D eigenvalue weighted by atomic mass is 9.88. The maximum Gasteiger partial charge on any atom is 0.419 e. The third kappa shape index (κ3) is 7.23. The van der Waals surface area contributed by atoms with E-state index in [0.29, 0.717) is 0 Å². The zero-order chi connectivity index (χ0) is 36.2. The van der Waals surface area contributed by atoms with Crippen LogP contribution in [0.2, 0.25) is 0 Å². The van der Waals surface area contributed by atoms with Crippen molar-refractivity contribution in [1.29, 1.82) is 5.26 Å². The van der Waals surface area contributed by atoms with Crippen LogP contribution in [-0.4, -0.2) is 59.6 Å². The lowest BCUT2D eigenvalue weighted by Gasteiger charge is -2.34. The van der Waals surface area contributed by atoms with E-state index in [4.69, 9.17) is 29.4 Å². The molecule has 1 fully saturated rings. The molecule has 4 atom stereocenters. The topological polar surface area (TPSA) is 169 Å². The van der Waals surface area contributed by atoms with Gasteiger partial charge in [-0.25, -0.2) is 23.7 Å². The summed E-state index contributed by atoms with van der Waals surface area (Å²) in [6, 6.07) is 21.9. The van der Waals surface area contributed by atoms with Gasteiger partial charge in [-0.3, -0.25) is 0 Å². The lowest BCUT2D eigenvalue weighted by molar-refractivity contribution is -0.0887. The second kappa shape index (κ2) is 14.7. The molecular formula is C38H37N3O9. The zero-order valence-electron chi connectivity index (χ0n) is 28.3. The van der Waals surface area contributed by atoms with Crippen LogP contribution in [0.1, 0.15) is 79.0 Å². The van der Waals surface area contributed by atoms with Crippen molar-refractivity contribution in [2.75, 3.05) is 18.9 Å². The number of ether oxygens (including phenoxy) is 5. The molecule has 0 bridgehead atoms. The number of benzene rings is 3. The molecule has 3 aromatic carbocycles. The number of hydrogen-bond acceptors (Lipinski definition) is 11. The van der Waals surface area contributed by atoms with E-state index in [2.05, 4.69) is 0 Å². The quantitative estimate of drug-likeness (QED) is 0.162. The van der Waals surface area contributed by atoms with E-state index < -0.39 is 54.5 Å². The lowest BCUT2D eigenvalue weighted by Crippen LogP contribution is -2.49. The highest BCUT2D eigenvalue weighted by Gasteiger charge is 2.61. The molecule has 0 amide bonds. The zero-order valence-corrected chi connectivity index (χ0v) is 28.3. The molecule has 2 N–H and O–H groups in total. The van der Waals surface area contributed by atoms with Crippen molar-refractivity contribution in [2.45, 2.75) is 58.5 Å². The molecule has 258 valence electrons. The second-order valence-electron chi connectivity index (χ2n) is 12.2. The second-order valence-corrected chi connectivity index (χ2v) is 12.2. The number of esters is 3. The summed E-state index contributed by atoms with van der Waals surface area (Å²) in [5.41, 5.74) is 7.74. The number of hydrogen-bond donors (Lipinski definition) is 1. The van der Waals surface area contributed by atoms with Gasteiger partial charge in [-0.05, 0) is 71.0 Å². The largest absolute Gasteiger partial charge is 0.459 e. The van der Waals surface area contributed by atoms with Gasteiger partial charge in [-0.1, -0.05) is 53.1 Å². The molecule has 0 radical (unpaired) electrons. The molecular weight excluding hydrogens is 642 g/mol. The van der Waals surface area contributed by atoms with Crippen LogP contribution < -0.4 is 5.73 Å². The number of carbonyl (C=O) groups excluding carboxylic acids is 4. The maximum atomic E-state index is 13.8. The number of carbonyl (C=O) groups is 4. The van der Waals surface area contributed by atoms with Crippen molar-refractivity contribution in [1.82, 2.24) is 4.57 Å². The van der Waals surface area contributed by atoms with E-state index in [-0.39, 0.29) is 40.2 Å². The molecule has 12 nitrogen and oxygen atoms in total. The van der Waals surface area contributed by atoms with Crippen molar-refractivity contribution in [3.63, 3.8) is 0 Å². The number of nitrogen functional groups attached to an aromatic ring is 1. The van der Waals surface area contributed by atoms with Gasteiger partial charge in [-0.15, -0.1) is 0 Å². The Morgan fingerprint density at radius 1 is 0.820 bits per heavy atom. The molecule has 1 unspecified atom stereocenters. The van der Waals surface area contributed by atoms with Crippen LogP contribution in [-0.2, 0) is 23.7 Å². The average Bonchev–Trinajstić information content (AvgIpc) is 3.56. The summed E-state index contributed by atoms with van der Waals surface area (Å²) in [5, 5.41) is 9.95. The normalized spacial score (nSPS) is 19.6. The minimum Gasteiger partial charge on any atom is -0.459 e. The number of nitriles is 1. The molecule has 1 aliphatic rings. The fourth-order valence-corrected chi connectivity index (χ4v) is 5.66. The third-order valence-electron chi connectivity index (χ3n) is 8.45. The van der Waals surface area contributed by atoms with Gasteiger partial charge in [-0.2, -0.15) is 5.26 Å². The highest BCUT2D eigenvalue weighted by Crippen LogP contribution is 2.49. The molecule has 1 saturated heterocycles. The first-order valence-electron chi connectivity index (χ1n) is 15.9. The molecule has 0 saturated carbocycles. The summed E-state index contributed by atoms with van der Waals surface area (Å²) in [5.74, 6) is -2.21. The van der Waals surface area contributed by atoms with E-state index in [1.807, 2.05) is 26.8 Å². The van der Waals surface area contributed by atoms with E-state index in [9.17, 15) is 24.4 Å². The number of aryl methyl sites for hydroxylation is 3. The monoisotopic (exact) mass is 679 g/mol. The van der Waals surface area contributed by atoms with Gasteiger partial charge in [0.25, 0.3) is 0 Å². The van der Waals surface area contributed by atoms with Crippen LogP contribution in [0, 0.1) is 32.1 Å². The van der Waals surface area contributed by atoms with Crippen LogP contribution in [0.3, 0.4) is 0 Å². The summed E-state index contributed by atoms with van der Waals surface area (Å²) in [7, 11) is 0. The fourth-order valence-electron chi connectivity index (χ4n) is 5.66. The Labute approximate surface area is 289 Å². The standard InChI is InChI=1S/C38H37N3O9/c1-6-46-37(45)41-20-28(31(40)29(41)19-39)32-38(5,50-36(44)27-17-11-24(4)12-18-27)33(49-35(43)26-15-9-23(3)10-16-26)30(48-32)21-47-34(42)25-13-7-22(2)8-14-25/h7-18,20,30,32-33H,6,21,40H2,1-5H3/t30?,32-,33+,38-/m0/s1. The summed E-state index contributed by atoms with van der Waals surface area (Å²) in [6.45, 7) is 8.30. The molecule has 5 rings (SSSR count). The van der Waals surface area contributed by atoms with E-state index in [1.165, 1.54) is 13.1 Å². The van der Waals surface area contributed by atoms with Crippen LogP contribution in [0.4, 0.5) is 10.5 Å². The summed E-state index contributed by atoms with van der Waals surface area (Å²) < 4.78 is 30.4. The third-order valence-corrected chi connectivity index (χ3v) is 8.45. The van der Waals surface area contributed by atoms with Crippen molar-refractivity contribution in [3.8, 4) is 6.07 Å². The van der Waals surface area contributed by atoms with Crippen LogP contribution in [0.5, 0.6) is 0 Å². The molecule has 12 heteroatoms. The summed E-state index contributed by atoms with van der Waals surface area (Å²) >= 11 is 0. The Morgan fingerprint density at radius 3 is 1.82 bits per heavy atom. The molecule has 0 aliphatic carbocycles. The maximum absolute atomic E-state index is 13.8. The summed E-state index contributed by atoms with van der Waals surface area (Å²) in [4.78, 5) is 53.3. The van der Waals surface area contributed by atoms with Crippen LogP contribution >= 0.6 is 0 Å². The first-order valence-corrected chi connectivity index (χ1v) is 15.9. The van der Waals surface area contributed by atoms with Gasteiger partial charge in [0.05, 0.1) is 29.0 Å². The molecule has 0 spiro atoms. The Bertz CT molecular complexity index is 1940. The van der Waals surface area contributed by atoms with Gasteiger partial charge >= 0.3 is 24.0 Å². The minimum absolute atomic E-state index is 0.0222. The molecule has 2 heterocycles. The molecule has 4 aromatic rings. The van der Waals surface area contributed by atoms with Crippen LogP contribution in [0.15, 0.2) is 79.0 Å². The fraction of sp³-hybridized carbons (Fsp3) is 0.289. The number of anilines is 1. The molecule has 1 aliphatic heterocycles. The number of nitrogens with zero attached hydrogens (tertiary/aromatic N) is 2. The Morgan fingerprint density at radius 2 is 1.32 bits per heavy atom. The van der Waals surface area contributed by atoms with Crippen LogP contribution in [0.25, 0.3) is 0 Å². The summed E-state index contributed by atoms with van der Waals surface area (Å²) in [6.07, 6.45) is -3.55. The average molecular weight is 680 g/mol. The smallest absolute Gasteiger partial charge is 0.419 e. The van der Waals surface area contributed by atoms with E-state index in [1.54, 1.807) is 79.7 Å². The Kier molecular flexibility index (Phi) is 10.4. The predicted octanol–water partition coefficient (Wildman–Crippen LogP) is 6.01. The van der Waals surface area contributed by atoms with Gasteiger partial charge in [0.1, 0.15) is 24.9 Å². The first kappa shape index (κ1) is 35.4. The minimum atomic E-state index is -1.86. The highest BCUT2D eigenvalue weighted by atomic mass is 16.7. The van der Waals surface area contributed by atoms with E-state index in [0.717, 1.165) is 21.3 Å². The van der Waals surface area contributed by atoms with Crippen molar-refractivity contribution in [3.05, 3.63) is 124 Å².